The van der Waals surface area contributed by atoms with E-state index in [-0.39, 0.29) is 24.6 Å². The quantitative estimate of drug-likeness (QED) is 0.634. The van der Waals surface area contributed by atoms with Gasteiger partial charge in [0.05, 0.1) is 11.3 Å². The minimum Gasteiger partial charge on any atom is -0.350 e. The van der Waals surface area contributed by atoms with Crippen LogP contribution in [0.3, 0.4) is 0 Å². The number of thiazole rings is 1. The van der Waals surface area contributed by atoms with Gasteiger partial charge >= 0.3 is 0 Å². The Labute approximate surface area is 157 Å². The van der Waals surface area contributed by atoms with Crippen LogP contribution in [-0.4, -0.2) is 29.9 Å². The summed E-state index contributed by atoms with van der Waals surface area (Å²) in [6, 6.07) is 7.72. The van der Waals surface area contributed by atoms with Gasteiger partial charge in [-0.2, -0.15) is 11.3 Å². The van der Waals surface area contributed by atoms with Gasteiger partial charge in [0.25, 0.3) is 11.8 Å². The van der Waals surface area contributed by atoms with E-state index in [0.29, 0.717) is 10.6 Å². The second kappa shape index (κ2) is 8.20. The molecule has 2 amide bonds. The van der Waals surface area contributed by atoms with E-state index in [2.05, 4.69) is 15.6 Å². The van der Waals surface area contributed by atoms with Crippen molar-refractivity contribution in [2.75, 3.05) is 13.1 Å². The summed E-state index contributed by atoms with van der Waals surface area (Å²) in [5.74, 6) is -1.32. The first-order chi connectivity index (χ1) is 12.6. The van der Waals surface area contributed by atoms with Crippen LogP contribution in [-0.2, 0) is 0 Å². The average Bonchev–Trinajstić information content (AvgIpc) is 3.28. The summed E-state index contributed by atoms with van der Waals surface area (Å²) in [5.41, 5.74) is 1.65. The molecule has 0 aliphatic rings. The summed E-state index contributed by atoms with van der Waals surface area (Å²) in [6.45, 7) is 2.24. The monoisotopic (exact) mass is 389 g/mol. The van der Waals surface area contributed by atoms with Crippen molar-refractivity contribution in [2.45, 2.75) is 6.92 Å². The predicted octanol–water partition coefficient (Wildman–Crippen LogP) is 3.48. The number of carbonyl (C=O) groups is 2. The number of thiophene rings is 1. The fourth-order valence-electron chi connectivity index (χ4n) is 2.29. The minimum atomic E-state index is -0.574. The van der Waals surface area contributed by atoms with Gasteiger partial charge in [0, 0.05) is 24.0 Å². The molecule has 0 fully saturated rings. The van der Waals surface area contributed by atoms with Crippen molar-refractivity contribution >= 4 is 34.5 Å². The Kier molecular flexibility index (Phi) is 5.75. The molecule has 0 aliphatic carbocycles. The van der Waals surface area contributed by atoms with Gasteiger partial charge in [-0.25, -0.2) is 9.37 Å². The first-order valence-corrected chi connectivity index (χ1v) is 9.63. The number of nitrogens with one attached hydrogen (secondary N) is 2. The molecule has 8 heteroatoms. The largest absolute Gasteiger partial charge is 0.350 e. The molecule has 26 heavy (non-hydrogen) atoms. The van der Waals surface area contributed by atoms with Gasteiger partial charge in [-0.05, 0) is 30.5 Å². The van der Waals surface area contributed by atoms with Crippen molar-refractivity contribution in [1.82, 2.24) is 15.6 Å². The third kappa shape index (κ3) is 4.14. The number of aryl methyl sites for hydroxylation is 1. The van der Waals surface area contributed by atoms with Gasteiger partial charge < -0.3 is 10.6 Å². The molecule has 0 unspecified atom stereocenters. The number of hydrogen-bond donors (Lipinski definition) is 2. The number of hydrogen-bond acceptors (Lipinski definition) is 5. The van der Waals surface area contributed by atoms with Gasteiger partial charge in [0.15, 0.2) is 0 Å². The zero-order valence-electron chi connectivity index (χ0n) is 13.9. The van der Waals surface area contributed by atoms with Crippen LogP contribution in [0.2, 0.25) is 0 Å². The Morgan fingerprint density at radius 3 is 2.54 bits per heavy atom. The molecule has 3 aromatic rings. The van der Waals surface area contributed by atoms with Crippen LogP contribution >= 0.6 is 22.7 Å². The van der Waals surface area contributed by atoms with E-state index in [0.717, 1.165) is 10.6 Å². The topological polar surface area (TPSA) is 71.1 Å². The second-order valence-electron chi connectivity index (χ2n) is 5.44. The Bertz CT molecular complexity index is 922. The molecule has 134 valence electrons. The molecule has 0 atom stereocenters. The molecule has 2 heterocycles. The van der Waals surface area contributed by atoms with Gasteiger partial charge in [-0.1, -0.05) is 12.1 Å². The van der Waals surface area contributed by atoms with Gasteiger partial charge in [0.1, 0.15) is 15.7 Å². The van der Waals surface area contributed by atoms with Crippen LogP contribution in [0.15, 0.2) is 41.1 Å². The molecule has 0 aliphatic heterocycles. The SMILES string of the molecule is Cc1nc(-c2ccsc2)sc1C(=O)NCCNC(=O)c1ccccc1F. The lowest BCUT2D eigenvalue weighted by Crippen LogP contribution is -2.34. The van der Waals surface area contributed by atoms with E-state index >= 15 is 0 Å². The third-order valence-electron chi connectivity index (χ3n) is 3.59. The second-order valence-corrected chi connectivity index (χ2v) is 7.22. The van der Waals surface area contributed by atoms with Gasteiger partial charge in [-0.3, -0.25) is 9.59 Å². The zero-order valence-corrected chi connectivity index (χ0v) is 15.5. The smallest absolute Gasteiger partial charge is 0.263 e. The molecular formula is C18H16FN3O2S2. The fourth-order valence-corrected chi connectivity index (χ4v) is 3.98. The number of nitrogens with zero attached hydrogens (tertiary/aromatic N) is 1. The van der Waals surface area contributed by atoms with E-state index < -0.39 is 11.7 Å². The Balaban J connectivity index is 1.52. The van der Waals surface area contributed by atoms with Crippen molar-refractivity contribution in [1.29, 1.82) is 0 Å². The molecule has 2 N–H and O–H groups in total. The Morgan fingerprint density at radius 2 is 1.85 bits per heavy atom. The maximum atomic E-state index is 13.5. The normalized spacial score (nSPS) is 10.5. The molecule has 0 saturated carbocycles. The molecule has 1 aromatic carbocycles. The van der Waals surface area contributed by atoms with Crippen LogP contribution in [0.4, 0.5) is 4.39 Å². The van der Waals surface area contributed by atoms with Gasteiger partial charge in [-0.15, -0.1) is 11.3 Å². The maximum absolute atomic E-state index is 13.5. The molecule has 0 bridgehead atoms. The molecule has 2 aromatic heterocycles. The summed E-state index contributed by atoms with van der Waals surface area (Å²) >= 11 is 2.91. The lowest BCUT2D eigenvalue weighted by molar-refractivity contribution is 0.0927. The number of benzene rings is 1. The zero-order chi connectivity index (χ0) is 18.5. The van der Waals surface area contributed by atoms with Crippen LogP contribution in [0.1, 0.15) is 25.7 Å². The van der Waals surface area contributed by atoms with E-state index in [9.17, 15) is 14.0 Å². The van der Waals surface area contributed by atoms with Crippen molar-refractivity contribution in [3.63, 3.8) is 0 Å². The molecule has 0 saturated heterocycles. The Morgan fingerprint density at radius 1 is 1.12 bits per heavy atom. The summed E-state index contributed by atoms with van der Waals surface area (Å²) in [4.78, 5) is 29.2. The maximum Gasteiger partial charge on any atom is 0.263 e. The minimum absolute atomic E-state index is 0.0162. The summed E-state index contributed by atoms with van der Waals surface area (Å²) in [5, 5.41) is 10.1. The first-order valence-electron chi connectivity index (χ1n) is 7.87. The molecule has 5 nitrogen and oxygen atoms in total. The third-order valence-corrected chi connectivity index (χ3v) is 5.47. The highest BCUT2D eigenvalue weighted by atomic mass is 32.1. The van der Waals surface area contributed by atoms with Crippen molar-refractivity contribution in [3.05, 3.63) is 63.0 Å². The molecule has 3 rings (SSSR count). The standard InChI is InChI=1S/C18H16FN3O2S2/c1-11-15(26-18(22-11)12-6-9-25-10-12)17(24)21-8-7-20-16(23)13-4-2-3-5-14(13)19/h2-6,9-10H,7-8H2,1H3,(H,20,23)(H,21,24). The molecular weight excluding hydrogens is 373 g/mol. The highest BCUT2D eigenvalue weighted by Crippen LogP contribution is 2.29. The summed E-state index contributed by atoms with van der Waals surface area (Å²) in [7, 11) is 0. The van der Waals surface area contributed by atoms with Crippen molar-refractivity contribution in [3.8, 4) is 10.6 Å². The molecule has 0 radical (unpaired) electrons. The predicted molar refractivity (Wildman–Crippen MR) is 101 cm³/mol. The highest BCUT2D eigenvalue weighted by Gasteiger charge is 2.16. The van der Waals surface area contributed by atoms with Crippen LogP contribution < -0.4 is 10.6 Å². The Hall–Kier alpha value is -2.58. The van der Waals surface area contributed by atoms with E-state index in [1.165, 1.54) is 29.5 Å². The van der Waals surface area contributed by atoms with Crippen molar-refractivity contribution < 1.29 is 14.0 Å². The lowest BCUT2D eigenvalue weighted by atomic mass is 10.2. The van der Waals surface area contributed by atoms with E-state index in [1.54, 1.807) is 24.3 Å². The number of halogens is 1. The summed E-state index contributed by atoms with van der Waals surface area (Å²) < 4.78 is 13.5. The van der Waals surface area contributed by atoms with Crippen molar-refractivity contribution in [2.24, 2.45) is 0 Å². The number of aromatic nitrogens is 1. The first kappa shape index (κ1) is 18.2. The van der Waals surface area contributed by atoms with Crippen LogP contribution in [0.25, 0.3) is 10.6 Å². The fraction of sp³-hybridized carbons (Fsp3) is 0.167. The molecule has 0 spiro atoms. The van der Waals surface area contributed by atoms with Crippen LogP contribution in [0.5, 0.6) is 0 Å². The average molecular weight is 389 g/mol. The number of amides is 2. The number of rotatable bonds is 6. The van der Waals surface area contributed by atoms with Crippen LogP contribution in [0, 0.1) is 12.7 Å². The highest BCUT2D eigenvalue weighted by molar-refractivity contribution is 7.17. The summed E-state index contributed by atoms with van der Waals surface area (Å²) in [6.07, 6.45) is 0. The van der Waals surface area contributed by atoms with Gasteiger partial charge in [0.2, 0.25) is 0 Å². The number of carbonyl (C=O) groups excluding carboxylic acids is 2. The van der Waals surface area contributed by atoms with E-state index in [4.69, 9.17) is 0 Å². The lowest BCUT2D eigenvalue weighted by Gasteiger charge is -2.07. The van der Waals surface area contributed by atoms with E-state index in [1.807, 2.05) is 16.8 Å².